The van der Waals surface area contributed by atoms with Crippen LogP contribution in [0.1, 0.15) is 82.6 Å². The van der Waals surface area contributed by atoms with E-state index >= 15 is 0 Å². The lowest BCUT2D eigenvalue weighted by atomic mass is 9.97. The number of aliphatic hydroxyl groups is 14. The average molecular weight is 1410 g/mol. The number of carbonyl (C=O) groups is 7. The van der Waals surface area contributed by atoms with Crippen LogP contribution in [-0.4, -0.2) is 339 Å². The van der Waals surface area contributed by atoms with Gasteiger partial charge in [-0.25, -0.2) is 5.43 Å². The van der Waals surface area contributed by atoms with Gasteiger partial charge in [0, 0.05) is 52.0 Å². The number of carbonyl (C=O) groups excluding carboxylic acids is 7. The smallest absolute Gasteiger partial charge is 0.234 e. The van der Waals surface area contributed by atoms with Gasteiger partial charge < -0.3 is 141 Å². The number of hydrazine groups is 1. The first-order valence-corrected chi connectivity index (χ1v) is 33.0. The van der Waals surface area contributed by atoms with Crippen molar-refractivity contribution in [3.63, 3.8) is 0 Å². The van der Waals surface area contributed by atoms with Crippen LogP contribution in [0.25, 0.3) is 0 Å². The van der Waals surface area contributed by atoms with E-state index in [1.54, 1.807) is 0 Å². The van der Waals surface area contributed by atoms with E-state index in [9.17, 15) is 105 Å². The fourth-order valence-corrected chi connectivity index (χ4v) is 10.9. The molecule has 0 spiro atoms. The van der Waals surface area contributed by atoms with E-state index in [0.29, 0.717) is 70.5 Å². The summed E-state index contributed by atoms with van der Waals surface area (Å²) < 4.78 is 44.5. The van der Waals surface area contributed by atoms with Gasteiger partial charge in [-0.3, -0.25) is 39.1 Å². The Morgan fingerprint density at radius 1 is 0.418 bits per heavy atom. The fraction of sp³-hybridized carbons (Fsp3) is 0.787. The minimum absolute atomic E-state index is 0.0726. The van der Waals surface area contributed by atoms with Crippen molar-refractivity contribution in [2.45, 2.75) is 212 Å². The van der Waals surface area contributed by atoms with Crippen LogP contribution >= 0.6 is 0 Å². The number of aliphatic hydroxyl groups excluding tert-OH is 14. The average Bonchev–Trinajstić information content (AvgIpc) is 0.795. The Labute approximate surface area is 565 Å². The molecule has 4 heterocycles. The molecule has 37 nitrogen and oxygen atoms in total. The van der Waals surface area contributed by atoms with Crippen LogP contribution in [0.3, 0.4) is 0 Å². The monoisotopic (exact) mass is 1410 g/mol. The molecule has 98 heavy (non-hydrogen) atoms. The van der Waals surface area contributed by atoms with Crippen LogP contribution in [0.2, 0.25) is 0 Å². The van der Waals surface area contributed by atoms with Crippen LogP contribution in [0.4, 0.5) is 0 Å². The van der Waals surface area contributed by atoms with Gasteiger partial charge in [0.15, 0.2) is 25.2 Å². The zero-order valence-corrected chi connectivity index (χ0v) is 54.5. The Hall–Kier alpha value is -5.25. The summed E-state index contributed by atoms with van der Waals surface area (Å²) in [7, 11) is 0. The minimum atomic E-state index is -1.86. The van der Waals surface area contributed by atoms with Gasteiger partial charge in [0.2, 0.25) is 35.4 Å². The molecule has 1 aromatic rings. The van der Waals surface area contributed by atoms with Crippen LogP contribution in [0.15, 0.2) is 30.3 Å². The number of nitrogens with zero attached hydrogens (tertiary/aromatic N) is 1. The quantitative estimate of drug-likeness (QED) is 0.0164. The maximum absolute atomic E-state index is 13.2. The Kier molecular flexibility index (Phi) is 38.2. The third-order valence-corrected chi connectivity index (χ3v) is 16.5. The Morgan fingerprint density at radius 3 is 1.13 bits per heavy atom. The number of rotatable bonds is 45. The zero-order valence-electron chi connectivity index (χ0n) is 54.5. The highest BCUT2D eigenvalue weighted by molar-refractivity contribution is 5.84. The molecule has 1 aromatic carbocycles. The summed E-state index contributed by atoms with van der Waals surface area (Å²) in [5.41, 5.74) is 6.22. The van der Waals surface area contributed by atoms with Gasteiger partial charge in [-0.2, -0.15) is 0 Å². The molecule has 6 amide bonds. The zero-order chi connectivity index (χ0) is 71.7. The van der Waals surface area contributed by atoms with Crippen molar-refractivity contribution >= 4 is 41.7 Å². The van der Waals surface area contributed by atoms with E-state index in [1.807, 2.05) is 30.3 Å². The number of hydrogen-bond donors (Lipinski definition) is 21. The van der Waals surface area contributed by atoms with E-state index < -0.39 is 173 Å². The molecule has 37 heteroatoms. The first-order chi connectivity index (χ1) is 47.0. The van der Waals surface area contributed by atoms with Crippen LogP contribution < -0.4 is 37.4 Å². The van der Waals surface area contributed by atoms with Crippen molar-refractivity contribution in [2.75, 3.05) is 92.0 Å². The summed E-state index contributed by atoms with van der Waals surface area (Å²) in [5.74, 6) is -2.48. The molecule has 21 atom stereocenters. The normalized spacial score (nSPS) is 30.6. The molecule has 560 valence electrons. The second kappa shape index (κ2) is 44.9. The molecule has 0 radical (unpaired) electrons. The second-order valence-corrected chi connectivity index (χ2v) is 24.2. The molecule has 21 N–H and O–H groups in total. The number of benzene rings is 1. The molecule has 4 fully saturated rings. The third-order valence-electron chi connectivity index (χ3n) is 16.5. The molecular formula is C61H102N8O29. The summed E-state index contributed by atoms with van der Waals surface area (Å²) in [5, 5.41) is 156. The Morgan fingerprint density at radius 2 is 0.765 bits per heavy atom. The maximum Gasteiger partial charge on any atom is 0.234 e. The van der Waals surface area contributed by atoms with Gasteiger partial charge in [-0.1, -0.05) is 49.6 Å². The number of amides is 6. The number of hydrogen-bond acceptors (Lipinski definition) is 31. The molecule has 4 aliphatic rings. The number of aldehydes is 1. The predicted molar refractivity (Wildman–Crippen MR) is 333 cm³/mol. The standard InChI is InChI=1S/C61H102N8O29/c70-29-35(25-34-13-5-1-6-14-34)67-68-42(77)17-9-4-12-20-64-45(80)28-69(26-43(78)62-18-10-2-7-15-40(75)65-21-23-91-60-56(52(87)48(83)38(32-73)95-60)97-58-54(89)50(85)46(81)36(30-71)93-58)27-44(79)63-19-11-3-8-16-41(76)66-22-24-92-61-57(53(88)49(84)39(33-74)96-61)98-59-55(90)51(86)47(82)37(31-72)94-59/h1,5-6,13-14,29,35-39,46-61,67,71-74,81-90H,2-4,7-12,15-28,30-33H2,(H,62,78)(H,63,79)(H,64,80)(H,65,75)(H,66,76)(H,68,77)/t35-,36+,37+,38+,39+,46+,47+,48+,49+,50-,51-,52-,53-,54-,55-,56-,57-,58+,59+,60-,61-/m0/s1. The lowest BCUT2D eigenvalue weighted by Crippen LogP contribution is -2.64. The highest BCUT2D eigenvalue weighted by Gasteiger charge is 2.53. The molecule has 0 aliphatic carbocycles. The number of unbranched alkanes of at least 4 members (excludes halogenated alkanes) is 6. The van der Waals surface area contributed by atoms with Crippen LogP contribution in [0, 0.1) is 0 Å². The molecule has 4 aliphatic heterocycles. The van der Waals surface area contributed by atoms with Crippen molar-refractivity contribution < 1.29 is 143 Å². The molecular weight excluding hydrogens is 1310 g/mol. The van der Waals surface area contributed by atoms with Crippen molar-refractivity contribution in [1.29, 1.82) is 0 Å². The highest BCUT2D eigenvalue weighted by Crippen LogP contribution is 2.32. The van der Waals surface area contributed by atoms with Crippen LogP contribution in [-0.2, 0) is 77.9 Å². The van der Waals surface area contributed by atoms with Crippen molar-refractivity contribution in [2.24, 2.45) is 0 Å². The summed E-state index contributed by atoms with van der Waals surface area (Å²) in [6.45, 7) is -3.98. The van der Waals surface area contributed by atoms with Gasteiger partial charge in [0.1, 0.15) is 104 Å². The first kappa shape index (κ1) is 83.4. The van der Waals surface area contributed by atoms with Gasteiger partial charge in [0.25, 0.3) is 0 Å². The highest BCUT2D eigenvalue weighted by atomic mass is 16.8. The van der Waals surface area contributed by atoms with E-state index in [-0.39, 0.29) is 103 Å². The van der Waals surface area contributed by atoms with Gasteiger partial charge >= 0.3 is 0 Å². The maximum atomic E-state index is 13.2. The van der Waals surface area contributed by atoms with E-state index in [0.717, 1.165) is 5.56 Å². The minimum Gasteiger partial charge on any atom is -0.394 e. The number of nitrogens with one attached hydrogen (secondary N) is 7. The SMILES string of the molecule is O=C[C@H](Cc1ccccc1)NNC(=O)CCCCCNC(=O)CN(CC(=O)NCCCCCC(=O)NCCO[C@H]1O[C@H](CO)[C@@H](O)[C@H](O)[C@@H]1O[C@H]1O[C@H](CO)[C@@H](O)[C@H](O)[C@@H]1O)CC(=O)NCCCCCC(=O)NCCO[C@H]1O[C@H](CO)[C@@H](O)[C@H](O)[C@@H]1O[C@H]1O[C@H](CO)[C@@H](O)[C@H](O)[C@@H]1O. The molecule has 0 saturated carbocycles. The summed E-state index contributed by atoms with van der Waals surface area (Å²) >= 11 is 0. The number of ether oxygens (including phenoxy) is 8. The van der Waals surface area contributed by atoms with E-state index in [2.05, 4.69) is 37.4 Å². The first-order valence-electron chi connectivity index (χ1n) is 33.0. The lowest BCUT2D eigenvalue weighted by Gasteiger charge is -2.45. The summed E-state index contributed by atoms with van der Waals surface area (Å²) in [6, 6.07) is 8.68. The third kappa shape index (κ3) is 27.6. The van der Waals surface area contributed by atoms with Gasteiger partial charge in [0.05, 0.1) is 65.3 Å². The van der Waals surface area contributed by atoms with Crippen molar-refractivity contribution in [3.8, 4) is 0 Å². The molecule has 0 bridgehead atoms. The topological polar surface area (TPSA) is 564 Å². The Bertz CT molecular complexity index is 2390. The predicted octanol–water partition coefficient (Wildman–Crippen LogP) is -9.74. The molecule has 0 aromatic heterocycles. The largest absolute Gasteiger partial charge is 0.394 e. The van der Waals surface area contributed by atoms with Crippen LogP contribution in [0.5, 0.6) is 0 Å². The molecule has 0 unspecified atom stereocenters. The van der Waals surface area contributed by atoms with Gasteiger partial charge in [-0.15, -0.1) is 0 Å². The van der Waals surface area contributed by atoms with Gasteiger partial charge in [-0.05, 0) is 50.5 Å². The van der Waals surface area contributed by atoms with E-state index in [4.69, 9.17) is 37.9 Å². The lowest BCUT2D eigenvalue weighted by molar-refractivity contribution is -0.367. The van der Waals surface area contributed by atoms with Crippen molar-refractivity contribution in [3.05, 3.63) is 35.9 Å². The second-order valence-electron chi connectivity index (χ2n) is 24.2. The van der Waals surface area contributed by atoms with Crippen molar-refractivity contribution in [1.82, 2.24) is 42.3 Å². The molecule has 4 saturated heterocycles. The molecule has 5 rings (SSSR count). The summed E-state index contributed by atoms with van der Waals surface area (Å²) in [6.07, 6.45) is -26.9. The summed E-state index contributed by atoms with van der Waals surface area (Å²) in [4.78, 5) is 90.3. The van der Waals surface area contributed by atoms with E-state index in [1.165, 1.54) is 4.90 Å². The fourth-order valence-electron chi connectivity index (χ4n) is 10.9. The Balaban J connectivity index is 1.00.